The predicted molar refractivity (Wildman–Crippen MR) is 70.4 cm³/mol. The summed E-state index contributed by atoms with van der Waals surface area (Å²) in [5.41, 5.74) is 1.89. The molecule has 5 heteroatoms. The molecule has 0 amide bonds. The summed E-state index contributed by atoms with van der Waals surface area (Å²) >= 11 is 0. The monoisotopic (exact) mass is 253 g/mol. The number of ether oxygens (including phenoxy) is 1. The summed E-state index contributed by atoms with van der Waals surface area (Å²) in [6.45, 7) is 0. The first-order valence-electron chi connectivity index (χ1n) is 5.78. The Morgan fingerprint density at radius 2 is 2.00 bits per heavy atom. The maximum Gasteiger partial charge on any atom is 0.185 e. The third-order valence-electron chi connectivity index (χ3n) is 2.86. The van der Waals surface area contributed by atoms with E-state index in [0.717, 1.165) is 11.8 Å². The van der Waals surface area contributed by atoms with E-state index in [-0.39, 0.29) is 0 Å². The van der Waals surface area contributed by atoms with Gasteiger partial charge in [0, 0.05) is 0 Å². The number of rotatable bonds is 3. The van der Waals surface area contributed by atoms with Crippen LogP contribution in [0, 0.1) is 0 Å². The SMILES string of the molecule is COc1ccccc1-c1nc2cccc(C=O)n2n1. The van der Waals surface area contributed by atoms with Crippen molar-refractivity contribution in [3.8, 4) is 17.1 Å². The summed E-state index contributed by atoms with van der Waals surface area (Å²) in [6, 6.07) is 12.8. The summed E-state index contributed by atoms with van der Waals surface area (Å²) in [5, 5.41) is 4.36. The number of hydrogen-bond donors (Lipinski definition) is 0. The molecule has 0 unspecified atom stereocenters. The van der Waals surface area contributed by atoms with Crippen LogP contribution in [0.15, 0.2) is 42.5 Å². The largest absolute Gasteiger partial charge is 0.496 e. The topological polar surface area (TPSA) is 56.5 Å². The highest BCUT2D eigenvalue weighted by Gasteiger charge is 2.12. The molecule has 0 aliphatic rings. The smallest absolute Gasteiger partial charge is 0.185 e. The average molecular weight is 253 g/mol. The van der Waals surface area contributed by atoms with E-state index in [2.05, 4.69) is 10.1 Å². The lowest BCUT2D eigenvalue weighted by Gasteiger charge is -2.03. The highest BCUT2D eigenvalue weighted by molar-refractivity contribution is 5.74. The van der Waals surface area contributed by atoms with Gasteiger partial charge in [-0.1, -0.05) is 18.2 Å². The van der Waals surface area contributed by atoms with Crippen LogP contribution in [0.3, 0.4) is 0 Å². The van der Waals surface area contributed by atoms with Gasteiger partial charge in [-0.15, -0.1) is 5.10 Å². The van der Waals surface area contributed by atoms with Crippen molar-refractivity contribution in [2.75, 3.05) is 7.11 Å². The molecule has 2 heterocycles. The van der Waals surface area contributed by atoms with Crippen LogP contribution in [0.2, 0.25) is 0 Å². The Balaban J connectivity index is 2.23. The maximum atomic E-state index is 11.0. The van der Waals surface area contributed by atoms with Crippen molar-refractivity contribution in [1.29, 1.82) is 0 Å². The zero-order valence-corrected chi connectivity index (χ0v) is 10.3. The molecular formula is C14H11N3O2. The van der Waals surface area contributed by atoms with E-state index in [1.165, 1.54) is 4.52 Å². The molecule has 5 nitrogen and oxygen atoms in total. The molecule has 1 aromatic carbocycles. The lowest BCUT2D eigenvalue weighted by atomic mass is 10.2. The minimum Gasteiger partial charge on any atom is -0.496 e. The van der Waals surface area contributed by atoms with Crippen LogP contribution in [-0.4, -0.2) is 28.0 Å². The number of benzene rings is 1. The minimum atomic E-state index is 0.464. The zero-order valence-electron chi connectivity index (χ0n) is 10.3. The Morgan fingerprint density at radius 1 is 1.16 bits per heavy atom. The molecule has 0 atom stereocenters. The van der Waals surface area contributed by atoms with Crippen molar-refractivity contribution < 1.29 is 9.53 Å². The fraction of sp³-hybridized carbons (Fsp3) is 0.0714. The molecule has 0 aliphatic heterocycles. The van der Waals surface area contributed by atoms with E-state index in [1.807, 2.05) is 24.3 Å². The zero-order chi connectivity index (χ0) is 13.2. The van der Waals surface area contributed by atoms with Crippen LogP contribution in [-0.2, 0) is 0 Å². The Labute approximate surface area is 109 Å². The van der Waals surface area contributed by atoms with Crippen molar-refractivity contribution >= 4 is 11.9 Å². The van der Waals surface area contributed by atoms with Crippen LogP contribution < -0.4 is 4.74 Å². The van der Waals surface area contributed by atoms with E-state index in [9.17, 15) is 4.79 Å². The molecule has 0 N–H and O–H groups in total. The highest BCUT2D eigenvalue weighted by Crippen LogP contribution is 2.27. The molecule has 0 aliphatic carbocycles. The summed E-state index contributed by atoms with van der Waals surface area (Å²) < 4.78 is 6.82. The number of fused-ring (bicyclic) bond motifs is 1. The molecule has 0 radical (unpaired) electrons. The van der Waals surface area contributed by atoms with Gasteiger partial charge in [0.25, 0.3) is 0 Å². The van der Waals surface area contributed by atoms with Gasteiger partial charge in [-0.2, -0.15) is 0 Å². The second-order valence-corrected chi connectivity index (χ2v) is 3.97. The van der Waals surface area contributed by atoms with Crippen molar-refractivity contribution in [2.24, 2.45) is 0 Å². The first kappa shape index (κ1) is 11.4. The summed E-state index contributed by atoms with van der Waals surface area (Å²) in [5.74, 6) is 1.23. The molecule has 2 aromatic heterocycles. The number of pyridine rings is 1. The lowest BCUT2D eigenvalue weighted by Crippen LogP contribution is -1.96. The van der Waals surface area contributed by atoms with Crippen molar-refractivity contribution in [2.45, 2.75) is 0 Å². The Morgan fingerprint density at radius 3 is 2.79 bits per heavy atom. The van der Waals surface area contributed by atoms with Crippen LogP contribution in [0.5, 0.6) is 5.75 Å². The number of aldehydes is 1. The third-order valence-corrected chi connectivity index (χ3v) is 2.86. The second kappa shape index (κ2) is 4.53. The summed E-state index contributed by atoms with van der Waals surface area (Å²) in [6.07, 6.45) is 0.758. The van der Waals surface area contributed by atoms with E-state index in [1.54, 1.807) is 25.3 Å². The van der Waals surface area contributed by atoms with E-state index in [0.29, 0.717) is 22.9 Å². The molecule has 0 bridgehead atoms. The minimum absolute atomic E-state index is 0.464. The number of methoxy groups -OCH3 is 1. The number of nitrogens with zero attached hydrogens (tertiary/aromatic N) is 3. The molecule has 19 heavy (non-hydrogen) atoms. The van der Waals surface area contributed by atoms with Crippen LogP contribution in [0.4, 0.5) is 0 Å². The van der Waals surface area contributed by atoms with Gasteiger partial charge in [0.2, 0.25) is 0 Å². The molecular weight excluding hydrogens is 242 g/mol. The van der Waals surface area contributed by atoms with Crippen LogP contribution in [0.25, 0.3) is 17.0 Å². The molecule has 0 fully saturated rings. The van der Waals surface area contributed by atoms with Crippen molar-refractivity contribution in [3.05, 3.63) is 48.2 Å². The molecule has 0 saturated heterocycles. The summed E-state index contributed by atoms with van der Waals surface area (Å²) in [7, 11) is 1.60. The maximum absolute atomic E-state index is 11.0. The fourth-order valence-corrected chi connectivity index (χ4v) is 1.96. The Hall–Kier alpha value is -2.69. The summed E-state index contributed by atoms with van der Waals surface area (Å²) in [4.78, 5) is 15.4. The van der Waals surface area contributed by atoms with Crippen molar-refractivity contribution in [1.82, 2.24) is 14.6 Å². The second-order valence-electron chi connectivity index (χ2n) is 3.97. The van der Waals surface area contributed by atoms with E-state index >= 15 is 0 Å². The van der Waals surface area contributed by atoms with Gasteiger partial charge in [0.05, 0.1) is 12.7 Å². The number of aromatic nitrogens is 3. The van der Waals surface area contributed by atoms with Gasteiger partial charge in [0.1, 0.15) is 11.4 Å². The van der Waals surface area contributed by atoms with E-state index < -0.39 is 0 Å². The van der Waals surface area contributed by atoms with Gasteiger partial charge in [-0.25, -0.2) is 9.50 Å². The van der Waals surface area contributed by atoms with Gasteiger partial charge >= 0.3 is 0 Å². The number of carbonyl (C=O) groups excluding carboxylic acids is 1. The lowest BCUT2D eigenvalue weighted by molar-refractivity contribution is 0.111. The first-order valence-corrected chi connectivity index (χ1v) is 5.78. The molecule has 3 rings (SSSR count). The Kier molecular flexibility index (Phi) is 2.72. The fourth-order valence-electron chi connectivity index (χ4n) is 1.96. The van der Waals surface area contributed by atoms with Crippen LogP contribution in [0.1, 0.15) is 10.5 Å². The normalized spacial score (nSPS) is 10.6. The third kappa shape index (κ3) is 1.85. The molecule has 3 aromatic rings. The number of carbonyl (C=O) groups is 1. The van der Waals surface area contributed by atoms with Gasteiger partial charge in [-0.3, -0.25) is 4.79 Å². The van der Waals surface area contributed by atoms with Crippen LogP contribution >= 0.6 is 0 Å². The van der Waals surface area contributed by atoms with Gasteiger partial charge in [-0.05, 0) is 24.3 Å². The predicted octanol–water partition coefficient (Wildman–Crippen LogP) is 2.22. The molecule has 0 saturated carbocycles. The first-order chi connectivity index (χ1) is 9.33. The molecule has 94 valence electrons. The van der Waals surface area contributed by atoms with Crippen molar-refractivity contribution in [3.63, 3.8) is 0 Å². The van der Waals surface area contributed by atoms with Gasteiger partial charge in [0.15, 0.2) is 17.8 Å². The molecule has 0 spiro atoms. The highest BCUT2D eigenvalue weighted by atomic mass is 16.5. The number of hydrogen-bond acceptors (Lipinski definition) is 4. The van der Waals surface area contributed by atoms with Gasteiger partial charge < -0.3 is 4.74 Å². The van der Waals surface area contributed by atoms with E-state index in [4.69, 9.17) is 4.74 Å². The number of para-hydroxylation sites is 1. The standard InChI is InChI=1S/C14H11N3O2/c1-19-12-7-3-2-6-11(12)14-15-13-8-4-5-10(9-18)17(13)16-14/h2-9H,1H3. The average Bonchev–Trinajstić information content (AvgIpc) is 2.90. The Bertz CT molecular complexity index is 749. The quantitative estimate of drug-likeness (QED) is 0.671.